The predicted molar refractivity (Wildman–Crippen MR) is 112 cm³/mol. The lowest BCUT2D eigenvalue weighted by atomic mass is 9.95. The van der Waals surface area contributed by atoms with Gasteiger partial charge in [0.05, 0.1) is 5.02 Å². The number of aromatic nitrogens is 5. The molecule has 0 spiro atoms. The summed E-state index contributed by atoms with van der Waals surface area (Å²) in [6.07, 6.45) is 0. The Hall–Kier alpha value is -2.92. The van der Waals surface area contributed by atoms with Gasteiger partial charge in [0.25, 0.3) is 5.91 Å². The van der Waals surface area contributed by atoms with Crippen LogP contribution in [0.4, 0.5) is 0 Å². The van der Waals surface area contributed by atoms with Gasteiger partial charge in [-0.3, -0.25) is 9.59 Å². The van der Waals surface area contributed by atoms with Gasteiger partial charge >= 0.3 is 0 Å². The van der Waals surface area contributed by atoms with Crippen molar-refractivity contribution in [2.24, 2.45) is 0 Å². The molecule has 0 aliphatic carbocycles. The fraction of sp³-hybridized carbons (Fsp3) is 0.368. The van der Waals surface area contributed by atoms with Crippen molar-refractivity contribution in [2.75, 3.05) is 0 Å². The predicted octanol–water partition coefficient (Wildman–Crippen LogP) is 2.35. The maximum atomic E-state index is 13.2. The minimum atomic E-state index is -0.675. The number of aromatic amines is 1. The van der Waals surface area contributed by atoms with E-state index in [1.807, 2.05) is 13.8 Å². The van der Waals surface area contributed by atoms with Crippen LogP contribution in [0.3, 0.4) is 0 Å². The quantitative estimate of drug-likeness (QED) is 0.568. The molecule has 2 aliphatic heterocycles. The second-order valence-corrected chi connectivity index (χ2v) is 10.1. The fourth-order valence-corrected chi connectivity index (χ4v) is 6.02. The van der Waals surface area contributed by atoms with Crippen LogP contribution in [0.15, 0.2) is 28.8 Å². The van der Waals surface area contributed by atoms with Gasteiger partial charge in [0.15, 0.2) is 5.82 Å². The average Bonchev–Trinajstić information content (AvgIpc) is 3.43. The molecule has 31 heavy (non-hydrogen) atoms. The van der Waals surface area contributed by atoms with Crippen LogP contribution >= 0.6 is 23.4 Å². The highest BCUT2D eigenvalue weighted by molar-refractivity contribution is 8.01. The molecule has 0 bridgehead atoms. The number of nitrogens with one attached hydrogen (secondary N) is 2. The van der Waals surface area contributed by atoms with Gasteiger partial charge in [0.1, 0.15) is 34.5 Å². The zero-order valence-electron chi connectivity index (χ0n) is 16.8. The highest BCUT2D eigenvalue weighted by atomic mass is 35.5. The third-order valence-corrected chi connectivity index (χ3v) is 7.47. The van der Waals surface area contributed by atoms with Crippen LogP contribution in [0, 0.1) is 6.92 Å². The number of carbonyl (C=O) groups excluding carboxylic acids is 2. The van der Waals surface area contributed by atoms with Crippen LogP contribution in [-0.2, 0) is 4.79 Å². The monoisotopic (exact) mass is 459 g/mol. The zero-order valence-corrected chi connectivity index (χ0v) is 18.4. The molecular weight excluding hydrogens is 442 g/mol. The summed E-state index contributed by atoms with van der Waals surface area (Å²) in [4.78, 5) is 27.9. The van der Waals surface area contributed by atoms with E-state index < -0.39 is 11.9 Å². The van der Waals surface area contributed by atoms with E-state index in [0.29, 0.717) is 27.9 Å². The number of carbonyl (C=O) groups is 2. The Bertz CT molecular complexity index is 1180. The van der Waals surface area contributed by atoms with Gasteiger partial charge in [-0.05, 0) is 37.3 Å². The average molecular weight is 460 g/mol. The first-order valence-corrected chi connectivity index (χ1v) is 10.8. The Labute approximate surface area is 186 Å². The van der Waals surface area contributed by atoms with Gasteiger partial charge in [-0.15, -0.1) is 16.9 Å². The number of β-lactam (4-membered cyclic amide) rings is 1. The van der Waals surface area contributed by atoms with Crippen molar-refractivity contribution in [1.82, 2.24) is 36.0 Å². The number of hydrogen-bond acceptors (Lipinski definition) is 8. The van der Waals surface area contributed by atoms with E-state index >= 15 is 0 Å². The minimum Gasteiger partial charge on any atom is -0.360 e. The number of fused-ring (bicyclic) bond motifs is 1. The van der Waals surface area contributed by atoms with Crippen molar-refractivity contribution < 1.29 is 14.1 Å². The van der Waals surface area contributed by atoms with Crippen LogP contribution in [-0.4, -0.2) is 58.7 Å². The molecule has 10 nitrogen and oxygen atoms in total. The van der Waals surface area contributed by atoms with Crippen LogP contribution < -0.4 is 5.32 Å². The Morgan fingerprint density at radius 3 is 2.84 bits per heavy atom. The number of nitrogens with zero attached hydrogens (tertiary/aromatic N) is 5. The lowest BCUT2D eigenvalue weighted by molar-refractivity contribution is -0.148. The molecule has 2 fully saturated rings. The molecule has 160 valence electrons. The van der Waals surface area contributed by atoms with Gasteiger partial charge in [0.2, 0.25) is 5.91 Å². The summed E-state index contributed by atoms with van der Waals surface area (Å²) in [5, 5.41) is 21.1. The Kier molecular flexibility index (Phi) is 4.56. The van der Waals surface area contributed by atoms with Crippen molar-refractivity contribution in [2.45, 2.75) is 43.0 Å². The molecule has 5 rings (SSSR count). The summed E-state index contributed by atoms with van der Waals surface area (Å²) in [5.74, 6) is 0.246. The van der Waals surface area contributed by atoms with E-state index in [1.165, 1.54) is 0 Å². The molecule has 2 saturated heterocycles. The van der Waals surface area contributed by atoms with Crippen LogP contribution in [0.5, 0.6) is 0 Å². The first-order chi connectivity index (χ1) is 14.8. The lowest BCUT2D eigenvalue weighted by Crippen LogP contribution is -2.67. The maximum absolute atomic E-state index is 13.2. The van der Waals surface area contributed by atoms with Gasteiger partial charge in [-0.25, -0.2) is 5.10 Å². The summed E-state index contributed by atoms with van der Waals surface area (Å²) < 4.78 is 4.94. The highest BCUT2D eigenvalue weighted by Gasteiger charge is 2.63. The summed E-state index contributed by atoms with van der Waals surface area (Å²) in [6.45, 7) is 5.70. The molecule has 3 atom stereocenters. The van der Waals surface area contributed by atoms with E-state index in [9.17, 15) is 9.59 Å². The number of hydrogen-bond donors (Lipinski definition) is 2. The number of H-pyrrole nitrogens is 1. The molecule has 2 N–H and O–H groups in total. The minimum absolute atomic E-state index is 0.189. The van der Waals surface area contributed by atoms with Crippen molar-refractivity contribution in [3.05, 3.63) is 46.4 Å². The number of halogens is 1. The second-order valence-electron chi connectivity index (χ2n) is 7.94. The van der Waals surface area contributed by atoms with Gasteiger partial charge < -0.3 is 14.7 Å². The van der Waals surface area contributed by atoms with E-state index in [-0.39, 0.29) is 27.6 Å². The molecule has 2 unspecified atom stereocenters. The van der Waals surface area contributed by atoms with Crippen molar-refractivity contribution >= 4 is 35.2 Å². The van der Waals surface area contributed by atoms with Crippen molar-refractivity contribution in [1.29, 1.82) is 0 Å². The third kappa shape index (κ3) is 3.02. The van der Waals surface area contributed by atoms with Crippen LogP contribution in [0.1, 0.15) is 41.8 Å². The molecule has 2 amide bonds. The number of benzene rings is 1. The van der Waals surface area contributed by atoms with Gasteiger partial charge in [0, 0.05) is 10.3 Å². The first-order valence-electron chi connectivity index (χ1n) is 9.55. The molecule has 3 aromatic rings. The van der Waals surface area contributed by atoms with Crippen molar-refractivity contribution in [3.63, 3.8) is 0 Å². The summed E-state index contributed by atoms with van der Waals surface area (Å²) in [6, 6.07) is 6.08. The third-order valence-electron chi connectivity index (χ3n) is 5.57. The van der Waals surface area contributed by atoms with Crippen LogP contribution in [0.25, 0.3) is 11.3 Å². The molecule has 2 aromatic heterocycles. The molecule has 2 aliphatic rings. The number of amides is 2. The van der Waals surface area contributed by atoms with E-state index in [0.717, 1.165) is 0 Å². The zero-order chi connectivity index (χ0) is 21.9. The standard InChI is InChI=1S/C19H18ClN7O3S/c1-8-11(12(24-30-8)9-6-4-5-7-10(9)20)16(28)21-13-17(29)27-14(15-22-25-26-23-15)19(2,3)31-18(13)27/h4-7,13-14,18H,1-3H3,(H,21,28)(H,22,23,25,26)/t13?,14?,18-/m1/s1. The molecule has 0 saturated carbocycles. The van der Waals surface area contributed by atoms with E-state index in [2.05, 4.69) is 31.1 Å². The highest BCUT2D eigenvalue weighted by Crippen LogP contribution is 2.56. The first kappa shape index (κ1) is 20.0. The summed E-state index contributed by atoms with van der Waals surface area (Å²) in [5.41, 5.74) is 1.19. The van der Waals surface area contributed by atoms with Crippen molar-refractivity contribution in [3.8, 4) is 11.3 Å². The molecular formula is C19H18ClN7O3S. The van der Waals surface area contributed by atoms with E-state index in [4.69, 9.17) is 16.1 Å². The SMILES string of the molecule is Cc1onc(-c2ccccc2Cl)c1C(=O)NC1C(=O)N2C(c3nnn[nH]3)C(C)(C)S[C@H]12. The van der Waals surface area contributed by atoms with Gasteiger partial charge in [-0.2, -0.15) is 0 Å². The Balaban J connectivity index is 1.41. The number of thioether (sulfide) groups is 1. The number of tetrazole rings is 1. The molecule has 1 aromatic carbocycles. The maximum Gasteiger partial charge on any atom is 0.257 e. The lowest BCUT2D eigenvalue weighted by Gasteiger charge is -2.44. The second kappa shape index (κ2) is 7.06. The number of aryl methyl sites for hydroxylation is 1. The summed E-state index contributed by atoms with van der Waals surface area (Å²) >= 11 is 7.88. The van der Waals surface area contributed by atoms with E-state index in [1.54, 1.807) is 47.9 Å². The Morgan fingerprint density at radius 1 is 1.35 bits per heavy atom. The van der Waals surface area contributed by atoms with Crippen LogP contribution in [0.2, 0.25) is 5.02 Å². The summed E-state index contributed by atoms with van der Waals surface area (Å²) in [7, 11) is 0. The molecule has 4 heterocycles. The smallest absolute Gasteiger partial charge is 0.257 e. The van der Waals surface area contributed by atoms with Gasteiger partial charge in [-0.1, -0.05) is 35.0 Å². The molecule has 0 radical (unpaired) electrons. The number of rotatable bonds is 4. The Morgan fingerprint density at radius 2 is 2.13 bits per heavy atom. The largest absolute Gasteiger partial charge is 0.360 e. The molecule has 12 heteroatoms. The topological polar surface area (TPSA) is 130 Å². The fourth-order valence-electron chi connectivity index (χ4n) is 4.16. The normalized spacial score (nSPS) is 24.1.